The summed E-state index contributed by atoms with van der Waals surface area (Å²) in [4.78, 5) is 0. The lowest BCUT2D eigenvalue weighted by Gasteiger charge is -2.10. The number of methoxy groups -OCH3 is 1. The van der Waals surface area contributed by atoms with Crippen LogP contribution in [0.5, 0.6) is 0 Å². The predicted octanol–water partition coefficient (Wildman–Crippen LogP) is 1.31. The van der Waals surface area contributed by atoms with Gasteiger partial charge in [-0.25, -0.2) is 0 Å². The van der Waals surface area contributed by atoms with E-state index in [-0.39, 0.29) is 6.04 Å². The smallest absolute Gasteiger partial charge is 0.0655 e. The Hall–Kier alpha value is -1.30. The molecular formula is C11H13NO. The van der Waals surface area contributed by atoms with Gasteiger partial charge >= 0.3 is 0 Å². The molecule has 68 valence electrons. The van der Waals surface area contributed by atoms with Crippen LogP contribution < -0.4 is 5.73 Å². The van der Waals surface area contributed by atoms with E-state index in [4.69, 9.17) is 16.9 Å². The molecule has 1 aromatic carbocycles. The summed E-state index contributed by atoms with van der Waals surface area (Å²) in [5.41, 5.74) is 7.73. The summed E-state index contributed by atoms with van der Waals surface area (Å²) in [5.74, 6) is 2.55. The molecule has 0 fully saturated rings. The van der Waals surface area contributed by atoms with Crippen LogP contribution in [0.2, 0.25) is 0 Å². The van der Waals surface area contributed by atoms with Crippen LogP contribution in [0.3, 0.4) is 0 Å². The first-order valence-corrected chi connectivity index (χ1v) is 4.09. The Morgan fingerprint density at radius 3 is 2.54 bits per heavy atom. The van der Waals surface area contributed by atoms with Crippen molar-refractivity contribution < 1.29 is 4.74 Å². The van der Waals surface area contributed by atoms with Gasteiger partial charge in [-0.05, 0) is 17.7 Å². The van der Waals surface area contributed by atoms with E-state index < -0.39 is 0 Å². The topological polar surface area (TPSA) is 35.2 Å². The molecule has 0 spiro atoms. The summed E-state index contributed by atoms with van der Waals surface area (Å²) in [6.07, 6.45) is 5.23. The molecule has 0 unspecified atom stereocenters. The van der Waals surface area contributed by atoms with Gasteiger partial charge in [-0.2, -0.15) is 0 Å². The zero-order valence-electron chi connectivity index (χ0n) is 7.66. The molecule has 1 atom stereocenters. The number of terminal acetylenes is 1. The highest BCUT2D eigenvalue weighted by Crippen LogP contribution is 2.11. The van der Waals surface area contributed by atoms with E-state index in [0.29, 0.717) is 6.61 Å². The number of benzene rings is 1. The van der Waals surface area contributed by atoms with Gasteiger partial charge in [0.2, 0.25) is 0 Å². The second-order valence-electron chi connectivity index (χ2n) is 2.83. The molecule has 0 aromatic heterocycles. The molecule has 0 aliphatic carbocycles. The van der Waals surface area contributed by atoms with Crippen molar-refractivity contribution in [3.63, 3.8) is 0 Å². The van der Waals surface area contributed by atoms with Gasteiger partial charge in [-0.15, -0.1) is 6.42 Å². The zero-order chi connectivity index (χ0) is 9.68. The predicted molar refractivity (Wildman–Crippen MR) is 53.2 cm³/mol. The zero-order valence-corrected chi connectivity index (χ0v) is 7.66. The molecule has 2 heteroatoms. The molecule has 2 N–H and O–H groups in total. The minimum atomic E-state index is -0.0724. The summed E-state index contributed by atoms with van der Waals surface area (Å²) in [7, 11) is 1.63. The summed E-state index contributed by atoms with van der Waals surface area (Å²) in [6.45, 7) is 0.523. The number of rotatable bonds is 3. The number of nitrogens with two attached hydrogens (primary N) is 1. The van der Waals surface area contributed by atoms with Crippen LogP contribution in [0.4, 0.5) is 0 Å². The third kappa shape index (κ3) is 2.59. The van der Waals surface area contributed by atoms with Crippen LogP contribution in [0, 0.1) is 12.3 Å². The third-order valence-electron chi connectivity index (χ3n) is 1.85. The standard InChI is InChI=1S/C11H13NO/c1-3-9-4-6-10(7-5-9)11(12)8-13-2/h1,4-7,11H,8,12H2,2H3/t11-/m0/s1. The Kier molecular flexibility index (Phi) is 3.51. The Morgan fingerprint density at radius 2 is 2.08 bits per heavy atom. The van der Waals surface area contributed by atoms with Crippen LogP contribution in [0.15, 0.2) is 24.3 Å². The van der Waals surface area contributed by atoms with Crippen molar-refractivity contribution in [1.82, 2.24) is 0 Å². The maximum atomic E-state index is 5.82. The second-order valence-corrected chi connectivity index (χ2v) is 2.83. The molecule has 0 aliphatic rings. The molecule has 1 aromatic rings. The quantitative estimate of drug-likeness (QED) is 0.703. The average molecular weight is 175 g/mol. The highest BCUT2D eigenvalue weighted by atomic mass is 16.5. The van der Waals surface area contributed by atoms with E-state index in [1.807, 2.05) is 24.3 Å². The normalized spacial score (nSPS) is 12.1. The van der Waals surface area contributed by atoms with E-state index in [9.17, 15) is 0 Å². The fraction of sp³-hybridized carbons (Fsp3) is 0.273. The van der Waals surface area contributed by atoms with Gasteiger partial charge in [0.15, 0.2) is 0 Å². The molecule has 0 amide bonds. The molecule has 0 heterocycles. The minimum absolute atomic E-state index is 0.0724. The van der Waals surface area contributed by atoms with Gasteiger partial charge in [0.1, 0.15) is 0 Å². The van der Waals surface area contributed by atoms with Crippen LogP contribution in [0.1, 0.15) is 17.2 Å². The van der Waals surface area contributed by atoms with Crippen LogP contribution >= 0.6 is 0 Å². The molecule has 0 aliphatic heterocycles. The van der Waals surface area contributed by atoms with E-state index in [0.717, 1.165) is 11.1 Å². The maximum Gasteiger partial charge on any atom is 0.0655 e. The molecule has 13 heavy (non-hydrogen) atoms. The van der Waals surface area contributed by atoms with Crippen molar-refractivity contribution in [2.45, 2.75) is 6.04 Å². The molecule has 0 saturated heterocycles. The molecule has 2 nitrogen and oxygen atoms in total. The van der Waals surface area contributed by atoms with Gasteiger partial charge in [-0.1, -0.05) is 18.1 Å². The van der Waals surface area contributed by atoms with Crippen LogP contribution in [-0.2, 0) is 4.74 Å². The highest BCUT2D eigenvalue weighted by Gasteiger charge is 2.03. The Labute approximate surface area is 78.7 Å². The number of ether oxygens (including phenoxy) is 1. The average Bonchev–Trinajstić information content (AvgIpc) is 2.18. The number of hydrogen-bond acceptors (Lipinski definition) is 2. The first-order chi connectivity index (χ1) is 6.27. The van der Waals surface area contributed by atoms with Crippen molar-refractivity contribution in [2.24, 2.45) is 5.73 Å². The third-order valence-corrected chi connectivity index (χ3v) is 1.85. The summed E-state index contributed by atoms with van der Waals surface area (Å²) < 4.78 is 4.95. The lowest BCUT2D eigenvalue weighted by molar-refractivity contribution is 0.181. The van der Waals surface area contributed by atoms with Crippen molar-refractivity contribution in [3.05, 3.63) is 35.4 Å². The Morgan fingerprint density at radius 1 is 1.46 bits per heavy atom. The van der Waals surface area contributed by atoms with Gasteiger partial charge in [-0.3, -0.25) is 0 Å². The fourth-order valence-corrected chi connectivity index (χ4v) is 1.10. The SMILES string of the molecule is C#Cc1ccc([C@@H](N)COC)cc1. The molecule has 0 radical (unpaired) electrons. The summed E-state index contributed by atoms with van der Waals surface area (Å²) in [5, 5.41) is 0. The van der Waals surface area contributed by atoms with E-state index in [2.05, 4.69) is 5.92 Å². The van der Waals surface area contributed by atoms with E-state index >= 15 is 0 Å². The first kappa shape index (κ1) is 9.79. The molecule has 0 saturated carbocycles. The van der Waals surface area contributed by atoms with Crippen LogP contribution in [-0.4, -0.2) is 13.7 Å². The summed E-state index contributed by atoms with van der Waals surface area (Å²) in [6, 6.07) is 7.55. The second kappa shape index (κ2) is 4.66. The van der Waals surface area contributed by atoms with Crippen LogP contribution in [0.25, 0.3) is 0 Å². The highest BCUT2D eigenvalue weighted by molar-refractivity contribution is 5.35. The Balaban J connectivity index is 2.75. The van der Waals surface area contributed by atoms with Gasteiger partial charge < -0.3 is 10.5 Å². The van der Waals surface area contributed by atoms with Crippen molar-refractivity contribution >= 4 is 0 Å². The number of hydrogen-bond donors (Lipinski definition) is 1. The van der Waals surface area contributed by atoms with Gasteiger partial charge in [0.05, 0.1) is 12.6 Å². The monoisotopic (exact) mass is 175 g/mol. The summed E-state index contributed by atoms with van der Waals surface area (Å²) >= 11 is 0. The van der Waals surface area contributed by atoms with Crippen molar-refractivity contribution in [1.29, 1.82) is 0 Å². The fourth-order valence-electron chi connectivity index (χ4n) is 1.10. The minimum Gasteiger partial charge on any atom is -0.383 e. The molecular weight excluding hydrogens is 162 g/mol. The van der Waals surface area contributed by atoms with E-state index in [1.165, 1.54) is 0 Å². The first-order valence-electron chi connectivity index (χ1n) is 4.09. The lowest BCUT2D eigenvalue weighted by atomic mass is 10.1. The van der Waals surface area contributed by atoms with E-state index in [1.54, 1.807) is 7.11 Å². The van der Waals surface area contributed by atoms with Crippen molar-refractivity contribution in [3.8, 4) is 12.3 Å². The van der Waals surface area contributed by atoms with Crippen molar-refractivity contribution in [2.75, 3.05) is 13.7 Å². The largest absolute Gasteiger partial charge is 0.383 e. The molecule has 1 rings (SSSR count). The maximum absolute atomic E-state index is 5.82. The lowest BCUT2D eigenvalue weighted by Crippen LogP contribution is -2.15. The molecule has 0 bridgehead atoms. The van der Waals surface area contributed by atoms with Gasteiger partial charge in [0.25, 0.3) is 0 Å². The Bertz CT molecular complexity index is 297. The van der Waals surface area contributed by atoms with Gasteiger partial charge in [0, 0.05) is 12.7 Å².